The first-order valence-corrected chi connectivity index (χ1v) is 8.56. The van der Waals surface area contributed by atoms with Gasteiger partial charge in [-0.25, -0.2) is 9.97 Å². The number of nitrogens with zero attached hydrogens (tertiary/aromatic N) is 3. The molecule has 2 heterocycles. The van der Waals surface area contributed by atoms with Crippen molar-refractivity contribution in [1.29, 1.82) is 0 Å². The smallest absolute Gasteiger partial charge is 0.161 e. The van der Waals surface area contributed by atoms with Crippen LogP contribution in [0.15, 0.2) is 4.47 Å². The van der Waals surface area contributed by atoms with Gasteiger partial charge in [0.15, 0.2) is 5.82 Å². The summed E-state index contributed by atoms with van der Waals surface area (Å²) in [7, 11) is 0. The minimum atomic E-state index is -0.0284. The van der Waals surface area contributed by atoms with Gasteiger partial charge in [0.1, 0.15) is 11.9 Å². The van der Waals surface area contributed by atoms with Crippen molar-refractivity contribution in [3.8, 4) is 0 Å². The summed E-state index contributed by atoms with van der Waals surface area (Å²) >= 11 is 3.57. The number of hydrogen-bond acceptors (Lipinski definition) is 5. The molecule has 1 unspecified atom stereocenters. The molecule has 1 aromatic heterocycles. The second kappa shape index (κ2) is 8.06. The van der Waals surface area contributed by atoms with Gasteiger partial charge in [0.25, 0.3) is 0 Å². The van der Waals surface area contributed by atoms with Crippen LogP contribution in [0.1, 0.15) is 44.3 Å². The van der Waals surface area contributed by atoms with Crippen LogP contribution in [0.5, 0.6) is 0 Å². The van der Waals surface area contributed by atoms with Crippen LogP contribution in [-0.2, 0) is 4.74 Å². The maximum Gasteiger partial charge on any atom is 0.161 e. The third-order valence-electron chi connectivity index (χ3n) is 3.55. The normalized spacial score (nSPS) is 19.7. The highest BCUT2D eigenvalue weighted by Crippen LogP contribution is 2.27. The second-order valence-electron chi connectivity index (χ2n) is 5.42. The fourth-order valence-electron chi connectivity index (χ4n) is 2.46. The molecule has 1 aliphatic rings. The SMILES string of the molecule is CCCNc1nc(C2CN(CCC)CCO2)nc(C)c1Br. The lowest BCUT2D eigenvalue weighted by Gasteiger charge is -2.32. The van der Waals surface area contributed by atoms with Crippen LogP contribution in [0.25, 0.3) is 0 Å². The fourth-order valence-corrected chi connectivity index (χ4v) is 2.78. The van der Waals surface area contributed by atoms with Gasteiger partial charge < -0.3 is 10.1 Å². The molecule has 1 aromatic rings. The minimum Gasteiger partial charge on any atom is -0.369 e. The number of morpholine rings is 1. The third-order valence-corrected chi connectivity index (χ3v) is 4.50. The van der Waals surface area contributed by atoms with Gasteiger partial charge in [-0.1, -0.05) is 13.8 Å². The van der Waals surface area contributed by atoms with Crippen molar-refractivity contribution >= 4 is 21.7 Å². The Bertz CT molecular complexity index is 467. The first-order chi connectivity index (χ1) is 10.2. The minimum absolute atomic E-state index is 0.0284. The quantitative estimate of drug-likeness (QED) is 0.848. The van der Waals surface area contributed by atoms with Crippen LogP contribution in [0.2, 0.25) is 0 Å². The third kappa shape index (κ3) is 4.37. The number of nitrogens with one attached hydrogen (secondary N) is 1. The molecule has 0 aliphatic carbocycles. The average Bonchev–Trinajstić information content (AvgIpc) is 2.49. The zero-order chi connectivity index (χ0) is 15.2. The Morgan fingerprint density at radius 3 is 2.86 bits per heavy atom. The molecule has 2 rings (SSSR count). The van der Waals surface area contributed by atoms with Crippen LogP contribution in [-0.4, -0.2) is 47.7 Å². The molecule has 21 heavy (non-hydrogen) atoms. The molecule has 1 fully saturated rings. The predicted molar refractivity (Wildman–Crippen MR) is 88.7 cm³/mol. The molecule has 118 valence electrons. The van der Waals surface area contributed by atoms with E-state index in [1.54, 1.807) is 0 Å². The molecule has 1 aliphatic heterocycles. The summed E-state index contributed by atoms with van der Waals surface area (Å²) < 4.78 is 6.83. The highest BCUT2D eigenvalue weighted by Gasteiger charge is 2.25. The number of hydrogen-bond donors (Lipinski definition) is 1. The summed E-state index contributed by atoms with van der Waals surface area (Å²) in [5.41, 5.74) is 0.954. The van der Waals surface area contributed by atoms with Gasteiger partial charge in [0, 0.05) is 19.6 Å². The van der Waals surface area contributed by atoms with Gasteiger partial charge >= 0.3 is 0 Å². The first kappa shape index (κ1) is 16.6. The van der Waals surface area contributed by atoms with E-state index in [1.807, 2.05) is 6.92 Å². The molecule has 1 atom stereocenters. The van der Waals surface area contributed by atoms with E-state index < -0.39 is 0 Å². The van der Waals surface area contributed by atoms with Crippen molar-refractivity contribution in [2.45, 2.75) is 39.7 Å². The summed E-state index contributed by atoms with van der Waals surface area (Å²) in [6.45, 7) is 11.0. The van der Waals surface area contributed by atoms with Gasteiger partial charge in [-0.05, 0) is 42.2 Å². The van der Waals surface area contributed by atoms with Gasteiger partial charge in [-0.2, -0.15) is 0 Å². The zero-order valence-electron chi connectivity index (χ0n) is 13.2. The zero-order valence-corrected chi connectivity index (χ0v) is 14.7. The molecule has 6 heteroatoms. The molecule has 0 amide bonds. The van der Waals surface area contributed by atoms with E-state index in [1.165, 1.54) is 0 Å². The number of ether oxygens (including phenoxy) is 1. The van der Waals surface area contributed by atoms with Crippen molar-refractivity contribution in [2.75, 3.05) is 38.1 Å². The molecular weight excluding hydrogens is 332 g/mol. The van der Waals surface area contributed by atoms with E-state index in [4.69, 9.17) is 4.74 Å². The lowest BCUT2D eigenvalue weighted by Crippen LogP contribution is -2.39. The first-order valence-electron chi connectivity index (χ1n) is 7.77. The summed E-state index contributed by atoms with van der Waals surface area (Å²) in [6.07, 6.45) is 2.20. The summed E-state index contributed by atoms with van der Waals surface area (Å²) in [4.78, 5) is 11.7. The van der Waals surface area contributed by atoms with E-state index in [9.17, 15) is 0 Å². The highest BCUT2D eigenvalue weighted by atomic mass is 79.9. The monoisotopic (exact) mass is 356 g/mol. The van der Waals surface area contributed by atoms with Crippen molar-refractivity contribution in [1.82, 2.24) is 14.9 Å². The van der Waals surface area contributed by atoms with Gasteiger partial charge in [-0.15, -0.1) is 0 Å². The Morgan fingerprint density at radius 2 is 2.14 bits per heavy atom. The van der Waals surface area contributed by atoms with Crippen LogP contribution in [0.3, 0.4) is 0 Å². The maximum atomic E-state index is 5.89. The predicted octanol–water partition coefficient (Wildman–Crippen LogP) is 3.15. The van der Waals surface area contributed by atoms with Gasteiger partial charge in [0.2, 0.25) is 0 Å². The molecule has 0 radical (unpaired) electrons. The number of aromatic nitrogens is 2. The van der Waals surface area contributed by atoms with Crippen LogP contribution in [0.4, 0.5) is 5.82 Å². The molecule has 0 spiro atoms. The average molecular weight is 357 g/mol. The number of anilines is 1. The lowest BCUT2D eigenvalue weighted by atomic mass is 10.2. The van der Waals surface area contributed by atoms with E-state index >= 15 is 0 Å². The molecule has 0 saturated carbocycles. The molecule has 1 saturated heterocycles. The Labute approximate surface area is 135 Å². The van der Waals surface area contributed by atoms with E-state index in [2.05, 4.69) is 50.0 Å². The molecule has 5 nitrogen and oxygen atoms in total. The van der Waals surface area contributed by atoms with Crippen LogP contribution >= 0.6 is 15.9 Å². The summed E-state index contributed by atoms with van der Waals surface area (Å²) in [5.74, 6) is 1.66. The Kier molecular flexibility index (Phi) is 6.39. The van der Waals surface area contributed by atoms with Crippen molar-refractivity contribution in [2.24, 2.45) is 0 Å². The number of halogens is 1. The van der Waals surface area contributed by atoms with Gasteiger partial charge in [0.05, 0.1) is 16.8 Å². The van der Waals surface area contributed by atoms with Crippen molar-refractivity contribution in [3.63, 3.8) is 0 Å². The topological polar surface area (TPSA) is 50.3 Å². The summed E-state index contributed by atoms with van der Waals surface area (Å²) in [5, 5.41) is 3.35. The van der Waals surface area contributed by atoms with Crippen molar-refractivity contribution in [3.05, 3.63) is 16.0 Å². The Morgan fingerprint density at radius 1 is 1.33 bits per heavy atom. The molecule has 1 N–H and O–H groups in total. The second-order valence-corrected chi connectivity index (χ2v) is 6.21. The van der Waals surface area contributed by atoms with Crippen molar-refractivity contribution < 1.29 is 4.74 Å². The largest absolute Gasteiger partial charge is 0.369 e. The van der Waals surface area contributed by atoms with E-state index in [-0.39, 0.29) is 6.10 Å². The molecule has 0 bridgehead atoms. The number of rotatable bonds is 6. The number of aryl methyl sites for hydroxylation is 1. The lowest BCUT2D eigenvalue weighted by molar-refractivity contribution is -0.0342. The van der Waals surface area contributed by atoms with Crippen LogP contribution in [0, 0.1) is 6.92 Å². The summed E-state index contributed by atoms with van der Waals surface area (Å²) in [6, 6.07) is 0. The Balaban J connectivity index is 2.16. The molecule has 0 aromatic carbocycles. The standard InChI is InChI=1S/C15H25BrN4O/c1-4-6-17-15-13(16)11(3)18-14(19-15)12-10-20(7-5-2)8-9-21-12/h12H,4-10H2,1-3H3,(H,17,18,19). The Hall–Kier alpha value is -0.720. The fraction of sp³-hybridized carbons (Fsp3) is 0.733. The molecular formula is C15H25BrN4O. The van der Waals surface area contributed by atoms with E-state index in [0.29, 0.717) is 0 Å². The maximum absolute atomic E-state index is 5.89. The highest BCUT2D eigenvalue weighted by molar-refractivity contribution is 9.10. The van der Waals surface area contributed by atoms with Gasteiger partial charge in [-0.3, -0.25) is 4.90 Å². The van der Waals surface area contributed by atoms with Crippen LogP contribution < -0.4 is 5.32 Å². The van der Waals surface area contributed by atoms with E-state index in [0.717, 1.165) is 67.4 Å².